The molecule has 0 aliphatic carbocycles. The van der Waals surface area contributed by atoms with E-state index in [1.165, 1.54) is 12.1 Å². The van der Waals surface area contributed by atoms with Crippen LogP contribution in [0.25, 0.3) is 11.4 Å². The maximum Gasteiger partial charge on any atom is 0.405 e. The molecular weight excluding hydrogens is 300 g/mol. The third-order valence-electron chi connectivity index (χ3n) is 3.93. The summed E-state index contributed by atoms with van der Waals surface area (Å²) in [7, 11) is 0. The zero-order valence-corrected chi connectivity index (χ0v) is 13.3. The van der Waals surface area contributed by atoms with E-state index in [4.69, 9.17) is 4.74 Å². The van der Waals surface area contributed by atoms with Gasteiger partial charge in [0.1, 0.15) is 16.9 Å². The molecule has 3 rings (SSSR count). The van der Waals surface area contributed by atoms with Crippen LogP contribution in [0.1, 0.15) is 39.1 Å². The Hall–Kier alpha value is -2.61. The van der Waals surface area contributed by atoms with E-state index in [0.29, 0.717) is 15.8 Å². The number of hydrogen-bond donors (Lipinski definition) is 1. The van der Waals surface area contributed by atoms with Gasteiger partial charge in [-0.3, -0.25) is 10.1 Å². The Labute approximate surface area is 131 Å². The molecule has 0 spiro atoms. The number of nitrogens with one attached hydrogen (secondary N) is 1. The molecule has 0 amide bonds. The summed E-state index contributed by atoms with van der Waals surface area (Å²) in [4.78, 5) is 23.5. The fourth-order valence-electron chi connectivity index (χ4n) is 3.11. The van der Waals surface area contributed by atoms with Gasteiger partial charge in [-0.15, -0.1) is 0 Å². The van der Waals surface area contributed by atoms with E-state index >= 15 is 0 Å². The van der Waals surface area contributed by atoms with E-state index in [1.54, 1.807) is 26.0 Å². The molecule has 1 aromatic heterocycles. The van der Waals surface area contributed by atoms with Crippen molar-refractivity contribution < 1.29 is 14.1 Å². The number of nitro groups is 1. The van der Waals surface area contributed by atoms with E-state index in [-0.39, 0.29) is 17.1 Å². The maximum atomic E-state index is 12.9. The number of rotatable bonds is 2. The Kier molecular flexibility index (Phi) is 3.12. The number of fused-ring (bicyclic) bond motifs is 1. The molecule has 0 saturated carbocycles. The number of aromatic amines is 1. The van der Waals surface area contributed by atoms with E-state index in [1.807, 2.05) is 13.8 Å². The Morgan fingerprint density at radius 3 is 2.52 bits per heavy atom. The van der Waals surface area contributed by atoms with E-state index in [0.717, 1.165) is 0 Å². The SMILES string of the molecule is CC1(C)OC(C)(C)c2c1[nH]nc(-c1ccccc1[N+](=O)[O-])[n+]2=O. The number of nitrogens with zero attached hydrogens (tertiary/aromatic N) is 3. The lowest BCUT2D eigenvalue weighted by Gasteiger charge is -2.22. The molecule has 1 aliphatic rings. The molecule has 0 saturated heterocycles. The molecule has 0 fully saturated rings. The van der Waals surface area contributed by atoms with Crippen molar-refractivity contribution in [2.24, 2.45) is 0 Å². The average Bonchev–Trinajstić information content (AvgIpc) is 2.64. The highest BCUT2D eigenvalue weighted by atomic mass is 16.6. The number of benzene rings is 1. The Balaban J connectivity index is 2.31. The van der Waals surface area contributed by atoms with Crippen LogP contribution in [0, 0.1) is 15.0 Å². The first-order valence-electron chi connectivity index (χ1n) is 7.15. The van der Waals surface area contributed by atoms with Crippen molar-refractivity contribution in [1.82, 2.24) is 10.2 Å². The molecule has 0 unspecified atom stereocenters. The van der Waals surface area contributed by atoms with E-state index < -0.39 is 16.1 Å². The lowest BCUT2D eigenvalue weighted by Crippen LogP contribution is -2.34. The minimum absolute atomic E-state index is 0.0505. The van der Waals surface area contributed by atoms with Crippen molar-refractivity contribution in [3.63, 3.8) is 0 Å². The number of hydrogen-bond acceptors (Lipinski definition) is 5. The van der Waals surface area contributed by atoms with Crippen molar-refractivity contribution in [2.75, 3.05) is 0 Å². The summed E-state index contributed by atoms with van der Waals surface area (Å²) in [6, 6.07) is 6.02. The van der Waals surface area contributed by atoms with Gasteiger partial charge in [-0.05, 0) is 33.8 Å². The Bertz CT molecular complexity index is 870. The molecule has 2 aromatic rings. The van der Waals surface area contributed by atoms with Crippen LogP contribution in [-0.4, -0.2) is 15.1 Å². The summed E-state index contributed by atoms with van der Waals surface area (Å²) in [6.45, 7) is 7.24. The maximum absolute atomic E-state index is 12.9. The number of aromatic nitrogens is 3. The molecular formula is C15H17N4O4+. The number of ether oxygens (including phenoxy) is 1. The fraction of sp³-hybridized carbons (Fsp3) is 0.400. The first-order chi connectivity index (χ1) is 10.6. The third kappa shape index (κ3) is 2.22. The van der Waals surface area contributed by atoms with Crippen molar-refractivity contribution in [3.05, 3.63) is 50.7 Å². The highest BCUT2D eigenvalue weighted by Gasteiger charge is 2.51. The molecule has 0 radical (unpaired) electrons. The van der Waals surface area contributed by atoms with E-state index in [9.17, 15) is 15.0 Å². The monoisotopic (exact) mass is 317 g/mol. The Morgan fingerprint density at radius 1 is 1.22 bits per heavy atom. The first-order valence-corrected chi connectivity index (χ1v) is 7.15. The average molecular weight is 317 g/mol. The molecule has 23 heavy (non-hydrogen) atoms. The Morgan fingerprint density at radius 2 is 1.87 bits per heavy atom. The standard InChI is InChI=1S/C15H17N4O4/c1-14(2)11-12(15(3,4)23-14)18(20)13(17-16-11)9-7-5-6-8-10(9)19(21)22/h5-8H,1-4H3,(H,16,20)/q+1. The number of para-hydroxylation sites is 1. The van der Waals surface area contributed by atoms with Crippen LogP contribution in [0.5, 0.6) is 0 Å². The topological polar surface area (TPSA) is 104 Å². The summed E-state index contributed by atoms with van der Waals surface area (Å²) in [6.07, 6.45) is 0. The summed E-state index contributed by atoms with van der Waals surface area (Å²) in [5, 5.41) is 18.1. The van der Waals surface area contributed by atoms with Crippen LogP contribution in [0.15, 0.2) is 24.3 Å². The van der Waals surface area contributed by atoms with Gasteiger partial charge in [0.25, 0.3) is 5.69 Å². The minimum atomic E-state index is -0.835. The van der Waals surface area contributed by atoms with Gasteiger partial charge in [-0.25, -0.2) is 0 Å². The zero-order chi connectivity index (χ0) is 17.0. The van der Waals surface area contributed by atoms with Crippen molar-refractivity contribution in [2.45, 2.75) is 38.9 Å². The molecule has 1 N–H and O–H groups in total. The molecule has 1 aliphatic heterocycles. The predicted molar refractivity (Wildman–Crippen MR) is 81.2 cm³/mol. The summed E-state index contributed by atoms with van der Waals surface area (Å²) in [5.74, 6) is -0.0505. The van der Waals surface area contributed by atoms with Crippen LogP contribution < -0.4 is 4.43 Å². The van der Waals surface area contributed by atoms with Crippen molar-refractivity contribution in [1.29, 1.82) is 0 Å². The highest BCUT2D eigenvalue weighted by molar-refractivity contribution is 5.65. The molecule has 8 nitrogen and oxygen atoms in total. The predicted octanol–water partition coefficient (Wildman–Crippen LogP) is 2.40. The van der Waals surface area contributed by atoms with Crippen LogP contribution in [0.2, 0.25) is 0 Å². The second kappa shape index (κ2) is 4.69. The van der Waals surface area contributed by atoms with Crippen LogP contribution in [0.4, 0.5) is 5.69 Å². The van der Waals surface area contributed by atoms with Gasteiger partial charge in [0.2, 0.25) is 5.69 Å². The third-order valence-corrected chi connectivity index (χ3v) is 3.93. The largest absolute Gasteiger partial charge is 0.405 e. The minimum Gasteiger partial charge on any atom is -0.354 e. The fourth-order valence-corrected chi connectivity index (χ4v) is 3.11. The summed E-state index contributed by atoms with van der Waals surface area (Å²) >= 11 is 0. The second-order valence-electron chi connectivity index (χ2n) is 6.46. The quantitative estimate of drug-likeness (QED) is 0.520. The van der Waals surface area contributed by atoms with Gasteiger partial charge in [0.15, 0.2) is 5.56 Å². The highest BCUT2D eigenvalue weighted by Crippen LogP contribution is 2.43. The summed E-state index contributed by atoms with van der Waals surface area (Å²) in [5.41, 5.74) is -0.594. The molecule has 120 valence electrons. The lowest BCUT2D eigenvalue weighted by molar-refractivity contribution is -0.506. The smallest absolute Gasteiger partial charge is 0.354 e. The number of nitro benzene ring substituents is 1. The zero-order valence-electron chi connectivity index (χ0n) is 13.3. The van der Waals surface area contributed by atoms with Gasteiger partial charge in [0.05, 0.1) is 10.0 Å². The number of H-pyrrole nitrogens is 1. The van der Waals surface area contributed by atoms with Gasteiger partial charge in [-0.1, -0.05) is 17.0 Å². The lowest BCUT2D eigenvalue weighted by atomic mass is 10.0. The van der Waals surface area contributed by atoms with Crippen LogP contribution >= 0.6 is 0 Å². The normalized spacial score (nSPS) is 17.7. The summed E-state index contributed by atoms with van der Waals surface area (Å²) < 4.78 is 6.56. The van der Waals surface area contributed by atoms with Crippen molar-refractivity contribution >= 4 is 5.69 Å². The van der Waals surface area contributed by atoms with Gasteiger partial charge in [0, 0.05) is 10.5 Å². The second-order valence-corrected chi connectivity index (χ2v) is 6.46. The van der Waals surface area contributed by atoms with E-state index in [2.05, 4.69) is 10.2 Å². The molecule has 1 aromatic carbocycles. The van der Waals surface area contributed by atoms with Crippen LogP contribution in [0.3, 0.4) is 0 Å². The molecule has 0 bridgehead atoms. The van der Waals surface area contributed by atoms with Gasteiger partial charge < -0.3 is 4.74 Å². The molecule has 8 heteroatoms. The van der Waals surface area contributed by atoms with Gasteiger partial charge in [-0.2, -0.15) is 5.10 Å². The van der Waals surface area contributed by atoms with Gasteiger partial charge >= 0.3 is 5.82 Å². The van der Waals surface area contributed by atoms with Crippen molar-refractivity contribution in [3.8, 4) is 11.4 Å². The molecule has 2 heterocycles. The van der Waals surface area contributed by atoms with Crippen LogP contribution in [-0.2, 0) is 15.9 Å². The molecule has 0 atom stereocenters. The first kappa shape index (κ1) is 15.3.